The Hall–Kier alpha value is -3.62. The second kappa shape index (κ2) is 8.17. The van der Waals surface area contributed by atoms with Gasteiger partial charge in [-0.1, -0.05) is 6.07 Å². The number of aromatic amines is 1. The van der Waals surface area contributed by atoms with Crippen molar-refractivity contribution in [1.29, 1.82) is 0 Å². The quantitative estimate of drug-likeness (QED) is 0.528. The van der Waals surface area contributed by atoms with Crippen molar-refractivity contribution in [1.82, 2.24) is 20.1 Å². The average Bonchev–Trinajstić information content (AvgIpc) is 2.92. The highest BCUT2D eigenvalue weighted by Gasteiger charge is 2.17. The van der Waals surface area contributed by atoms with Crippen LogP contribution in [0, 0.1) is 13.8 Å². The molecule has 2 aromatic heterocycles. The van der Waals surface area contributed by atoms with E-state index in [9.17, 15) is 14.4 Å². The normalized spacial score (nSPS) is 10.8. The molecule has 9 heteroatoms. The Bertz CT molecular complexity index is 1150. The number of nitrogens with zero attached hydrogens (tertiary/aromatic N) is 2. The second-order valence-electron chi connectivity index (χ2n) is 6.79. The summed E-state index contributed by atoms with van der Waals surface area (Å²) in [6.45, 7) is 5.99. The van der Waals surface area contributed by atoms with Crippen LogP contribution in [0.4, 0.5) is 16.2 Å². The van der Waals surface area contributed by atoms with Gasteiger partial charge in [-0.25, -0.2) is 9.78 Å². The van der Waals surface area contributed by atoms with Gasteiger partial charge in [-0.2, -0.15) is 0 Å². The SMILES string of the molecule is CCNC(=O)Nc1cccc(NC(=O)Cc2c(C)nc3c(c2C)c(=O)[nH]n3C)c1. The molecule has 0 bridgehead atoms. The molecule has 0 saturated carbocycles. The van der Waals surface area contributed by atoms with Crippen LogP contribution in [0.2, 0.25) is 0 Å². The average molecular weight is 396 g/mol. The highest BCUT2D eigenvalue weighted by molar-refractivity contribution is 5.95. The number of aryl methyl sites for hydroxylation is 3. The molecule has 3 rings (SSSR count). The molecule has 2 heterocycles. The Labute approximate surface area is 167 Å². The molecular formula is C20H24N6O3. The van der Waals surface area contributed by atoms with Crippen LogP contribution in [-0.4, -0.2) is 33.2 Å². The molecule has 0 saturated heterocycles. The van der Waals surface area contributed by atoms with Gasteiger partial charge in [0.05, 0.1) is 11.8 Å². The monoisotopic (exact) mass is 396 g/mol. The molecule has 0 fully saturated rings. The first kappa shape index (κ1) is 20.1. The number of fused-ring (bicyclic) bond motifs is 1. The predicted octanol–water partition coefficient (Wildman–Crippen LogP) is 2.20. The summed E-state index contributed by atoms with van der Waals surface area (Å²) in [5, 5.41) is 11.4. The van der Waals surface area contributed by atoms with Crippen LogP contribution in [0.1, 0.15) is 23.7 Å². The number of hydrogen-bond acceptors (Lipinski definition) is 4. The Morgan fingerprint density at radius 2 is 1.86 bits per heavy atom. The van der Waals surface area contributed by atoms with Crippen LogP contribution in [0.3, 0.4) is 0 Å². The molecule has 3 amide bonds. The highest BCUT2D eigenvalue weighted by atomic mass is 16.2. The molecule has 4 N–H and O–H groups in total. The zero-order valence-electron chi connectivity index (χ0n) is 16.8. The van der Waals surface area contributed by atoms with Gasteiger partial charge >= 0.3 is 6.03 Å². The third kappa shape index (κ3) is 4.29. The molecule has 152 valence electrons. The number of pyridine rings is 1. The first-order chi connectivity index (χ1) is 13.8. The van der Waals surface area contributed by atoms with Crippen LogP contribution in [0.5, 0.6) is 0 Å². The van der Waals surface area contributed by atoms with Gasteiger partial charge in [-0.05, 0) is 50.1 Å². The minimum Gasteiger partial charge on any atom is -0.338 e. The zero-order chi connectivity index (χ0) is 21.1. The molecule has 1 aromatic carbocycles. The topological polar surface area (TPSA) is 121 Å². The maximum Gasteiger partial charge on any atom is 0.319 e. The van der Waals surface area contributed by atoms with Crippen molar-refractivity contribution in [2.75, 3.05) is 17.2 Å². The third-order valence-electron chi connectivity index (χ3n) is 4.65. The number of carbonyl (C=O) groups excluding carboxylic acids is 2. The molecule has 0 radical (unpaired) electrons. The van der Waals surface area contributed by atoms with Crippen molar-refractivity contribution in [3.05, 3.63) is 51.4 Å². The minimum absolute atomic E-state index is 0.0862. The van der Waals surface area contributed by atoms with Crippen LogP contribution >= 0.6 is 0 Å². The van der Waals surface area contributed by atoms with Crippen molar-refractivity contribution in [3.8, 4) is 0 Å². The van der Waals surface area contributed by atoms with Crippen molar-refractivity contribution in [2.45, 2.75) is 27.2 Å². The fraction of sp³-hybridized carbons (Fsp3) is 0.300. The summed E-state index contributed by atoms with van der Waals surface area (Å²) in [5.74, 6) is -0.236. The summed E-state index contributed by atoms with van der Waals surface area (Å²) in [5.41, 5.74) is 3.65. The molecule has 0 aliphatic carbocycles. The highest BCUT2D eigenvalue weighted by Crippen LogP contribution is 2.21. The van der Waals surface area contributed by atoms with E-state index in [4.69, 9.17) is 0 Å². The largest absolute Gasteiger partial charge is 0.338 e. The molecule has 0 atom stereocenters. The van der Waals surface area contributed by atoms with Crippen LogP contribution in [0.25, 0.3) is 11.0 Å². The van der Waals surface area contributed by atoms with Gasteiger partial charge in [0.1, 0.15) is 0 Å². The summed E-state index contributed by atoms with van der Waals surface area (Å²) < 4.78 is 1.58. The molecule has 9 nitrogen and oxygen atoms in total. The van der Waals surface area contributed by atoms with Gasteiger partial charge < -0.3 is 16.0 Å². The predicted molar refractivity (Wildman–Crippen MR) is 112 cm³/mol. The van der Waals surface area contributed by atoms with E-state index in [2.05, 4.69) is 26.0 Å². The number of urea groups is 1. The lowest BCUT2D eigenvalue weighted by Crippen LogP contribution is -2.28. The van der Waals surface area contributed by atoms with Gasteiger partial charge in [-0.3, -0.25) is 19.4 Å². The lowest BCUT2D eigenvalue weighted by Gasteiger charge is -2.12. The molecule has 0 aliphatic rings. The number of amides is 3. The van der Waals surface area contributed by atoms with Crippen LogP contribution in [0.15, 0.2) is 29.1 Å². The molecule has 3 aromatic rings. The number of hydrogen-bond donors (Lipinski definition) is 4. The van der Waals surface area contributed by atoms with Gasteiger partial charge in [-0.15, -0.1) is 0 Å². The summed E-state index contributed by atoms with van der Waals surface area (Å²) >= 11 is 0. The van der Waals surface area contributed by atoms with Gasteiger partial charge in [0.25, 0.3) is 5.56 Å². The van der Waals surface area contributed by atoms with E-state index in [1.807, 2.05) is 20.8 Å². The number of nitrogens with one attached hydrogen (secondary N) is 4. The Balaban J connectivity index is 1.79. The molecular weight excluding hydrogens is 372 g/mol. The molecule has 29 heavy (non-hydrogen) atoms. The lowest BCUT2D eigenvalue weighted by atomic mass is 10.0. The first-order valence-corrected chi connectivity index (χ1v) is 9.29. The summed E-state index contributed by atoms with van der Waals surface area (Å²) in [6, 6.07) is 6.58. The van der Waals surface area contributed by atoms with Crippen LogP contribution < -0.4 is 21.5 Å². The van der Waals surface area contributed by atoms with E-state index in [0.717, 1.165) is 11.1 Å². The van der Waals surface area contributed by atoms with Crippen molar-refractivity contribution in [3.63, 3.8) is 0 Å². The number of benzene rings is 1. The smallest absolute Gasteiger partial charge is 0.319 e. The molecule has 0 unspecified atom stereocenters. The Morgan fingerprint density at radius 3 is 2.55 bits per heavy atom. The zero-order valence-corrected chi connectivity index (χ0v) is 16.8. The van der Waals surface area contributed by atoms with E-state index in [1.54, 1.807) is 36.0 Å². The first-order valence-electron chi connectivity index (χ1n) is 9.29. The second-order valence-corrected chi connectivity index (χ2v) is 6.79. The lowest BCUT2D eigenvalue weighted by molar-refractivity contribution is -0.115. The fourth-order valence-electron chi connectivity index (χ4n) is 3.28. The van der Waals surface area contributed by atoms with Gasteiger partial charge in [0.15, 0.2) is 5.65 Å². The van der Waals surface area contributed by atoms with E-state index < -0.39 is 0 Å². The van der Waals surface area contributed by atoms with E-state index in [1.165, 1.54) is 0 Å². The Morgan fingerprint density at radius 1 is 1.17 bits per heavy atom. The van der Waals surface area contributed by atoms with E-state index >= 15 is 0 Å². The number of rotatable bonds is 5. The van der Waals surface area contributed by atoms with Gasteiger partial charge in [0.2, 0.25) is 5.91 Å². The number of aromatic nitrogens is 3. The number of anilines is 2. The minimum atomic E-state index is -0.310. The van der Waals surface area contributed by atoms with Crippen molar-refractivity contribution >= 4 is 34.3 Å². The number of carbonyl (C=O) groups is 2. The van der Waals surface area contributed by atoms with Gasteiger partial charge in [0, 0.05) is 30.7 Å². The van der Waals surface area contributed by atoms with E-state index in [-0.39, 0.29) is 23.9 Å². The van der Waals surface area contributed by atoms with E-state index in [0.29, 0.717) is 34.6 Å². The fourth-order valence-corrected chi connectivity index (χ4v) is 3.28. The van der Waals surface area contributed by atoms with Crippen molar-refractivity contribution < 1.29 is 9.59 Å². The summed E-state index contributed by atoms with van der Waals surface area (Å²) in [6.07, 6.45) is 0.0862. The number of H-pyrrole nitrogens is 1. The third-order valence-corrected chi connectivity index (χ3v) is 4.65. The summed E-state index contributed by atoms with van der Waals surface area (Å²) in [7, 11) is 1.73. The maximum absolute atomic E-state index is 12.6. The molecule has 0 spiro atoms. The standard InChI is InChI=1S/C20H24N6O3/c1-5-21-20(29)24-14-8-6-7-13(9-14)23-16(27)10-15-11(2)17-18(22-12(15)3)26(4)25-19(17)28/h6-9H,5,10H2,1-4H3,(H,23,27)(H,25,28)(H2,21,24,29). The maximum atomic E-state index is 12.6. The Kier molecular flexibility index (Phi) is 5.67. The summed E-state index contributed by atoms with van der Waals surface area (Å²) in [4.78, 5) is 40.9. The van der Waals surface area contributed by atoms with Crippen molar-refractivity contribution in [2.24, 2.45) is 7.05 Å². The van der Waals surface area contributed by atoms with Crippen LogP contribution in [-0.2, 0) is 18.3 Å². The molecule has 0 aliphatic heterocycles.